The lowest BCUT2D eigenvalue weighted by atomic mass is 9.85. The standard InChI is InChI=1S/C21H41N5O.HI/c1-5-22-20(23-15-18(2)16-26-13-9-6-10-14-26)24-17-21(11-7-8-12-21)19(27)25(3)4;/h18H,5-17H2,1-4H3,(H2,22,23,24);1H. The first kappa shape index (κ1) is 25.5. The zero-order valence-corrected chi connectivity index (χ0v) is 20.8. The molecule has 0 aromatic carbocycles. The first-order chi connectivity index (χ1) is 13.0. The van der Waals surface area contributed by atoms with Gasteiger partial charge in [-0.1, -0.05) is 26.2 Å². The summed E-state index contributed by atoms with van der Waals surface area (Å²) in [4.78, 5) is 21.9. The molecule has 1 heterocycles. The fraction of sp³-hybridized carbons (Fsp3) is 0.905. The molecule has 1 aliphatic heterocycles. The molecule has 0 aromatic rings. The fourth-order valence-corrected chi connectivity index (χ4v) is 4.46. The van der Waals surface area contributed by atoms with Gasteiger partial charge in [0.1, 0.15) is 0 Å². The van der Waals surface area contributed by atoms with Crippen LogP contribution in [0.4, 0.5) is 0 Å². The molecule has 0 radical (unpaired) electrons. The van der Waals surface area contributed by atoms with Crippen LogP contribution in [0.3, 0.4) is 0 Å². The molecule has 0 bridgehead atoms. The summed E-state index contributed by atoms with van der Waals surface area (Å²) in [5, 5.41) is 6.86. The second kappa shape index (κ2) is 12.9. The van der Waals surface area contributed by atoms with Crippen LogP contribution in [-0.2, 0) is 4.79 Å². The zero-order valence-electron chi connectivity index (χ0n) is 18.4. The molecule has 1 unspecified atom stereocenters. The van der Waals surface area contributed by atoms with Crippen molar-refractivity contribution in [3.05, 3.63) is 0 Å². The maximum atomic E-state index is 12.7. The van der Waals surface area contributed by atoms with E-state index >= 15 is 0 Å². The van der Waals surface area contributed by atoms with Crippen LogP contribution in [0.15, 0.2) is 4.99 Å². The summed E-state index contributed by atoms with van der Waals surface area (Å²) in [6.45, 7) is 10.4. The van der Waals surface area contributed by atoms with E-state index in [0.29, 0.717) is 12.5 Å². The van der Waals surface area contributed by atoms with Crippen molar-refractivity contribution in [2.75, 3.05) is 53.4 Å². The van der Waals surface area contributed by atoms with Crippen molar-refractivity contribution in [3.8, 4) is 0 Å². The maximum absolute atomic E-state index is 12.7. The van der Waals surface area contributed by atoms with Gasteiger partial charge in [-0.2, -0.15) is 0 Å². The van der Waals surface area contributed by atoms with Crippen molar-refractivity contribution in [1.82, 2.24) is 20.4 Å². The number of nitrogens with one attached hydrogen (secondary N) is 2. The molecule has 7 heteroatoms. The quantitative estimate of drug-likeness (QED) is 0.302. The molecule has 2 aliphatic rings. The van der Waals surface area contributed by atoms with Crippen molar-refractivity contribution in [2.24, 2.45) is 16.3 Å². The smallest absolute Gasteiger partial charge is 0.230 e. The lowest BCUT2D eigenvalue weighted by Crippen LogP contribution is -2.44. The molecule has 1 aliphatic carbocycles. The van der Waals surface area contributed by atoms with Gasteiger partial charge in [0, 0.05) is 33.7 Å². The summed E-state index contributed by atoms with van der Waals surface area (Å²) in [5.74, 6) is 1.66. The van der Waals surface area contributed by atoms with Gasteiger partial charge < -0.3 is 20.4 Å². The number of likely N-dealkylation sites (tertiary alicyclic amines) is 1. The van der Waals surface area contributed by atoms with E-state index in [9.17, 15) is 4.79 Å². The Morgan fingerprint density at radius 2 is 1.75 bits per heavy atom. The molecule has 1 amide bonds. The minimum atomic E-state index is -0.300. The van der Waals surface area contributed by atoms with Crippen LogP contribution in [0.1, 0.15) is 58.8 Å². The maximum Gasteiger partial charge on any atom is 0.230 e. The number of carbonyl (C=O) groups excluding carboxylic acids is 1. The van der Waals surface area contributed by atoms with Gasteiger partial charge in [0.25, 0.3) is 0 Å². The number of carbonyl (C=O) groups is 1. The minimum absolute atomic E-state index is 0. The highest BCUT2D eigenvalue weighted by Crippen LogP contribution is 2.39. The number of nitrogens with zero attached hydrogens (tertiary/aromatic N) is 3. The fourth-order valence-electron chi connectivity index (χ4n) is 4.46. The molecule has 6 nitrogen and oxygen atoms in total. The number of aliphatic imine (C=N–C) groups is 1. The molecule has 164 valence electrons. The molecule has 2 fully saturated rings. The highest BCUT2D eigenvalue weighted by atomic mass is 127. The van der Waals surface area contributed by atoms with Crippen LogP contribution in [0, 0.1) is 11.3 Å². The van der Waals surface area contributed by atoms with E-state index < -0.39 is 0 Å². The van der Waals surface area contributed by atoms with Gasteiger partial charge in [-0.3, -0.25) is 9.79 Å². The summed E-state index contributed by atoms with van der Waals surface area (Å²) in [6.07, 6.45) is 8.24. The lowest BCUT2D eigenvalue weighted by Gasteiger charge is -2.30. The minimum Gasteiger partial charge on any atom is -0.357 e. The molecular weight excluding hydrogens is 465 g/mol. The molecule has 28 heavy (non-hydrogen) atoms. The largest absolute Gasteiger partial charge is 0.357 e. The Labute approximate surface area is 189 Å². The molecule has 1 atom stereocenters. The van der Waals surface area contributed by atoms with Gasteiger partial charge in [0.05, 0.1) is 12.0 Å². The van der Waals surface area contributed by atoms with Crippen molar-refractivity contribution >= 4 is 35.8 Å². The average molecular weight is 508 g/mol. The van der Waals surface area contributed by atoms with Gasteiger partial charge >= 0.3 is 0 Å². The van der Waals surface area contributed by atoms with Gasteiger partial charge in [-0.25, -0.2) is 0 Å². The van der Waals surface area contributed by atoms with Crippen LogP contribution < -0.4 is 10.6 Å². The Kier molecular flexibility index (Phi) is 11.7. The molecule has 2 N–H and O–H groups in total. The number of hydrogen-bond donors (Lipinski definition) is 2. The van der Waals surface area contributed by atoms with Gasteiger partial charge in [0.2, 0.25) is 5.91 Å². The summed E-state index contributed by atoms with van der Waals surface area (Å²) in [5.41, 5.74) is -0.300. The summed E-state index contributed by atoms with van der Waals surface area (Å²) in [6, 6.07) is 0. The highest BCUT2D eigenvalue weighted by Gasteiger charge is 2.42. The predicted molar refractivity (Wildman–Crippen MR) is 128 cm³/mol. The van der Waals surface area contributed by atoms with Crippen molar-refractivity contribution in [1.29, 1.82) is 0 Å². The summed E-state index contributed by atoms with van der Waals surface area (Å²) in [7, 11) is 3.72. The summed E-state index contributed by atoms with van der Waals surface area (Å²) >= 11 is 0. The van der Waals surface area contributed by atoms with Gasteiger partial charge in [-0.05, 0) is 51.6 Å². The predicted octanol–water partition coefficient (Wildman–Crippen LogP) is 2.93. The van der Waals surface area contributed by atoms with E-state index in [4.69, 9.17) is 4.99 Å². The molecule has 2 rings (SSSR count). The number of piperidine rings is 1. The first-order valence-electron chi connectivity index (χ1n) is 10.9. The monoisotopic (exact) mass is 507 g/mol. The Hall–Kier alpha value is -0.570. The molecular formula is C21H42IN5O. The van der Waals surface area contributed by atoms with Crippen LogP contribution in [0.2, 0.25) is 0 Å². The third-order valence-electron chi connectivity index (χ3n) is 5.94. The number of guanidine groups is 1. The van der Waals surface area contributed by atoms with Crippen LogP contribution in [-0.4, -0.2) is 75.0 Å². The Morgan fingerprint density at radius 1 is 1.11 bits per heavy atom. The van der Waals surface area contributed by atoms with E-state index in [1.807, 2.05) is 14.1 Å². The third-order valence-corrected chi connectivity index (χ3v) is 5.94. The highest BCUT2D eigenvalue weighted by molar-refractivity contribution is 14.0. The van der Waals surface area contributed by atoms with E-state index in [-0.39, 0.29) is 35.3 Å². The van der Waals surface area contributed by atoms with E-state index in [1.165, 1.54) is 32.4 Å². The SMILES string of the molecule is CCNC(=NCC1(C(=O)N(C)C)CCCC1)NCC(C)CN1CCCCC1.I. The van der Waals surface area contributed by atoms with Gasteiger partial charge in [-0.15, -0.1) is 24.0 Å². The normalized spacial score (nSPS) is 20.9. The van der Waals surface area contributed by atoms with Gasteiger partial charge in [0.15, 0.2) is 5.96 Å². The van der Waals surface area contributed by atoms with E-state index in [1.54, 1.807) is 4.90 Å². The van der Waals surface area contributed by atoms with Crippen LogP contribution in [0.25, 0.3) is 0 Å². The Balaban J connectivity index is 0.00000392. The van der Waals surface area contributed by atoms with Crippen LogP contribution in [0.5, 0.6) is 0 Å². The number of hydrogen-bond acceptors (Lipinski definition) is 3. The Morgan fingerprint density at radius 3 is 2.32 bits per heavy atom. The second-order valence-electron chi connectivity index (χ2n) is 8.73. The molecule has 1 saturated heterocycles. The zero-order chi connectivity index (χ0) is 19.7. The number of amides is 1. The second-order valence-corrected chi connectivity index (χ2v) is 8.73. The average Bonchev–Trinajstić information content (AvgIpc) is 3.14. The van der Waals surface area contributed by atoms with Crippen LogP contribution >= 0.6 is 24.0 Å². The molecule has 1 saturated carbocycles. The number of halogens is 1. The summed E-state index contributed by atoms with van der Waals surface area (Å²) < 4.78 is 0. The first-order valence-corrected chi connectivity index (χ1v) is 10.9. The lowest BCUT2D eigenvalue weighted by molar-refractivity contribution is -0.138. The Bertz CT molecular complexity index is 485. The van der Waals surface area contributed by atoms with E-state index in [2.05, 4.69) is 29.4 Å². The van der Waals surface area contributed by atoms with Crippen molar-refractivity contribution in [2.45, 2.75) is 58.8 Å². The topological polar surface area (TPSA) is 60.0 Å². The third kappa shape index (κ3) is 7.69. The van der Waals surface area contributed by atoms with Crippen molar-refractivity contribution < 1.29 is 4.79 Å². The molecule has 0 aromatic heterocycles. The van der Waals surface area contributed by atoms with Crippen molar-refractivity contribution in [3.63, 3.8) is 0 Å². The molecule has 0 spiro atoms. The van der Waals surface area contributed by atoms with E-state index in [0.717, 1.165) is 51.3 Å². The number of rotatable bonds is 8.